The highest BCUT2D eigenvalue weighted by Crippen LogP contribution is 2.10. The number of aromatic nitrogens is 2. The summed E-state index contributed by atoms with van der Waals surface area (Å²) >= 11 is 0. The first-order chi connectivity index (χ1) is 6.86. The predicted molar refractivity (Wildman–Crippen MR) is 54.6 cm³/mol. The maximum atomic E-state index is 11.2. The van der Waals surface area contributed by atoms with Gasteiger partial charge in [0.15, 0.2) is 0 Å². The van der Waals surface area contributed by atoms with Gasteiger partial charge in [-0.05, 0) is 18.2 Å². The second-order valence-corrected chi connectivity index (χ2v) is 2.79. The molecule has 2 rings (SSSR count). The summed E-state index contributed by atoms with van der Waals surface area (Å²) in [5.74, 6) is 0. The molecule has 0 bridgehead atoms. The molecule has 1 heterocycles. The van der Waals surface area contributed by atoms with Gasteiger partial charge in [-0.2, -0.15) is 5.10 Å². The molecule has 1 aromatic carbocycles. The third kappa shape index (κ3) is 1.80. The van der Waals surface area contributed by atoms with Crippen molar-refractivity contribution in [2.24, 2.45) is 0 Å². The number of anilines is 2. The van der Waals surface area contributed by atoms with Crippen LogP contribution in [0, 0.1) is 0 Å². The standard InChI is InChI=1S/C10H9N3O/c14-10-9(6-7-11-13-10)12-8-4-2-1-3-5-8/h1-7H,(H,11,12)(H,13,14). The zero-order valence-electron chi connectivity index (χ0n) is 7.40. The van der Waals surface area contributed by atoms with Crippen LogP contribution in [0.1, 0.15) is 0 Å². The van der Waals surface area contributed by atoms with Crippen molar-refractivity contribution in [2.75, 3.05) is 5.32 Å². The molecular formula is C10H9N3O. The van der Waals surface area contributed by atoms with E-state index < -0.39 is 0 Å². The molecule has 1 aromatic heterocycles. The van der Waals surface area contributed by atoms with E-state index in [-0.39, 0.29) is 5.56 Å². The van der Waals surface area contributed by atoms with Crippen LogP contribution < -0.4 is 10.9 Å². The van der Waals surface area contributed by atoms with Crippen molar-refractivity contribution >= 4 is 11.4 Å². The lowest BCUT2D eigenvalue weighted by molar-refractivity contribution is 0.991. The Kier molecular flexibility index (Phi) is 2.27. The number of hydrogen-bond donors (Lipinski definition) is 2. The quantitative estimate of drug-likeness (QED) is 0.749. The maximum absolute atomic E-state index is 11.2. The first-order valence-electron chi connectivity index (χ1n) is 4.22. The molecule has 0 atom stereocenters. The Balaban J connectivity index is 2.28. The van der Waals surface area contributed by atoms with Gasteiger partial charge < -0.3 is 5.32 Å². The summed E-state index contributed by atoms with van der Waals surface area (Å²) in [4.78, 5) is 11.2. The van der Waals surface area contributed by atoms with Crippen LogP contribution in [0.25, 0.3) is 0 Å². The van der Waals surface area contributed by atoms with E-state index >= 15 is 0 Å². The second kappa shape index (κ2) is 3.74. The average molecular weight is 187 g/mol. The molecule has 2 N–H and O–H groups in total. The van der Waals surface area contributed by atoms with Crippen LogP contribution >= 0.6 is 0 Å². The van der Waals surface area contributed by atoms with Crippen LogP contribution in [-0.2, 0) is 0 Å². The maximum Gasteiger partial charge on any atom is 0.287 e. The molecule has 0 saturated heterocycles. The first-order valence-corrected chi connectivity index (χ1v) is 4.22. The Morgan fingerprint density at radius 3 is 2.64 bits per heavy atom. The van der Waals surface area contributed by atoms with E-state index in [1.165, 1.54) is 6.20 Å². The minimum Gasteiger partial charge on any atom is -0.351 e. The number of H-pyrrole nitrogens is 1. The van der Waals surface area contributed by atoms with E-state index in [4.69, 9.17) is 0 Å². The molecule has 4 heteroatoms. The third-order valence-corrected chi connectivity index (χ3v) is 1.78. The van der Waals surface area contributed by atoms with Crippen molar-refractivity contribution in [1.82, 2.24) is 10.2 Å². The normalized spacial score (nSPS) is 9.71. The number of aromatic amines is 1. The Morgan fingerprint density at radius 2 is 1.93 bits per heavy atom. The van der Waals surface area contributed by atoms with Crippen LogP contribution in [0.3, 0.4) is 0 Å². The Hall–Kier alpha value is -2.10. The zero-order chi connectivity index (χ0) is 9.80. The summed E-state index contributed by atoms with van der Waals surface area (Å²) in [5.41, 5.74) is 1.15. The van der Waals surface area contributed by atoms with Crippen molar-refractivity contribution in [3.8, 4) is 0 Å². The Bertz CT molecular complexity index is 464. The fraction of sp³-hybridized carbons (Fsp3) is 0. The number of benzene rings is 1. The summed E-state index contributed by atoms with van der Waals surface area (Å²) < 4.78 is 0. The van der Waals surface area contributed by atoms with Crippen molar-refractivity contribution < 1.29 is 0 Å². The smallest absolute Gasteiger partial charge is 0.287 e. The molecule has 2 aromatic rings. The average Bonchev–Trinajstić information content (AvgIpc) is 2.23. The lowest BCUT2D eigenvalue weighted by Gasteiger charge is -2.03. The minimum absolute atomic E-state index is 0.226. The molecule has 0 aliphatic rings. The number of para-hydroxylation sites is 1. The second-order valence-electron chi connectivity index (χ2n) is 2.79. The molecular weight excluding hydrogens is 178 g/mol. The highest BCUT2D eigenvalue weighted by molar-refractivity contribution is 5.57. The number of nitrogens with zero attached hydrogens (tertiary/aromatic N) is 1. The van der Waals surface area contributed by atoms with Crippen molar-refractivity contribution in [1.29, 1.82) is 0 Å². The molecule has 0 fully saturated rings. The largest absolute Gasteiger partial charge is 0.351 e. The Labute approximate surface area is 80.6 Å². The summed E-state index contributed by atoms with van der Waals surface area (Å²) in [7, 11) is 0. The lowest BCUT2D eigenvalue weighted by Crippen LogP contribution is -2.11. The molecule has 0 spiro atoms. The molecule has 4 nitrogen and oxygen atoms in total. The van der Waals surface area contributed by atoms with E-state index in [1.807, 2.05) is 30.3 Å². The van der Waals surface area contributed by atoms with Crippen LogP contribution in [0.15, 0.2) is 47.4 Å². The number of hydrogen-bond acceptors (Lipinski definition) is 3. The number of rotatable bonds is 2. The van der Waals surface area contributed by atoms with Crippen LogP contribution in [0.2, 0.25) is 0 Å². The van der Waals surface area contributed by atoms with E-state index in [9.17, 15) is 4.79 Å². The molecule has 14 heavy (non-hydrogen) atoms. The summed E-state index contributed by atoms with van der Waals surface area (Å²) in [6, 6.07) is 11.1. The van der Waals surface area contributed by atoms with Gasteiger partial charge in [0.25, 0.3) is 5.56 Å². The van der Waals surface area contributed by atoms with Gasteiger partial charge in [0, 0.05) is 11.9 Å². The van der Waals surface area contributed by atoms with E-state index in [0.29, 0.717) is 5.69 Å². The molecule has 0 aliphatic carbocycles. The van der Waals surface area contributed by atoms with Crippen LogP contribution in [0.4, 0.5) is 11.4 Å². The monoisotopic (exact) mass is 187 g/mol. The molecule has 0 aliphatic heterocycles. The van der Waals surface area contributed by atoms with Gasteiger partial charge in [-0.15, -0.1) is 0 Å². The highest BCUT2D eigenvalue weighted by atomic mass is 16.1. The fourth-order valence-electron chi connectivity index (χ4n) is 1.12. The van der Waals surface area contributed by atoms with Gasteiger partial charge in [-0.3, -0.25) is 4.79 Å². The van der Waals surface area contributed by atoms with Crippen LogP contribution in [-0.4, -0.2) is 10.2 Å². The van der Waals surface area contributed by atoms with Crippen molar-refractivity contribution in [3.63, 3.8) is 0 Å². The molecule has 0 unspecified atom stereocenters. The summed E-state index contributed by atoms with van der Waals surface area (Å²) in [6.45, 7) is 0. The van der Waals surface area contributed by atoms with E-state index in [0.717, 1.165) is 5.69 Å². The van der Waals surface area contributed by atoms with Gasteiger partial charge >= 0.3 is 0 Å². The van der Waals surface area contributed by atoms with Crippen molar-refractivity contribution in [3.05, 3.63) is 52.9 Å². The lowest BCUT2D eigenvalue weighted by atomic mass is 10.3. The van der Waals surface area contributed by atoms with Gasteiger partial charge in [0.2, 0.25) is 0 Å². The highest BCUT2D eigenvalue weighted by Gasteiger charge is 1.97. The summed E-state index contributed by atoms with van der Waals surface area (Å²) in [5, 5.41) is 8.95. The zero-order valence-corrected chi connectivity index (χ0v) is 7.40. The molecule has 0 amide bonds. The van der Waals surface area contributed by atoms with E-state index in [1.54, 1.807) is 6.07 Å². The molecule has 0 radical (unpaired) electrons. The van der Waals surface area contributed by atoms with Gasteiger partial charge in [0.1, 0.15) is 5.69 Å². The Morgan fingerprint density at radius 1 is 1.14 bits per heavy atom. The molecule has 70 valence electrons. The van der Waals surface area contributed by atoms with Gasteiger partial charge in [-0.1, -0.05) is 18.2 Å². The third-order valence-electron chi connectivity index (χ3n) is 1.78. The van der Waals surface area contributed by atoms with Gasteiger partial charge in [0.05, 0.1) is 0 Å². The topological polar surface area (TPSA) is 57.8 Å². The predicted octanol–water partition coefficient (Wildman–Crippen LogP) is 1.51. The van der Waals surface area contributed by atoms with Gasteiger partial charge in [-0.25, -0.2) is 5.10 Å². The fourth-order valence-corrected chi connectivity index (χ4v) is 1.12. The van der Waals surface area contributed by atoms with Crippen LogP contribution in [0.5, 0.6) is 0 Å². The SMILES string of the molecule is O=c1[nH]nccc1Nc1ccccc1. The molecule has 0 saturated carbocycles. The summed E-state index contributed by atoms with van der Waals surface area (Å²) in [6.07, 6.45) is 1.53. The first kappa shape index (κ1) is 8.50. The number of nitrogens with one attached hydrogen (secondary N) is 2. The minimum atomic E-state index is -0.226. The van der Waals surface area contributed by atoms with Crippen molar-refractivity contribution in [2.45, 2.75) is 0 Å². The van der Waals surface area contributed by atoms with E-state index in [2.05, 4.69) is 15.5 Å².